The zero-order chi connectivity index (χ0) is 19.0. The van der Waals surface area contributed by atoms with Gasteiger partial charge in [0.2, 0.25) is 17.7 Å². The van der Waals surface area contributed by atoms with Crippen LogP contribution in [0.3, 0.4) is 0 Å². The number of rotatable bonds is 9. The number of amides is 3. The summed E-state index contributed by atoms with van der Waals surface area (Å²) in [4.78, 5) is 46.7. The molecule has 1 saturated heterocycles. The Morgan fingerprint density at radius 1 is 1.20 bits per heavy atom. The Balaban J connectivity index is 2.47. The monoisotopic (exact) mass is 358 g/mol. The van der Waals surface area contributed by atoms with Gasteiger partial charge in [-0.05, 0) is 25.3 Å². The number of carboxylic acid groups (broad SMARTS) is 1. The second-order valence-corrected chi connectivity index (χ2v) is 6.24. The first-order valence-corrected chi connectivity index (χ1v) is 8.20. The number of hydrogen-bond acceptors (Lipinski definition) is 6. The summed E-state index contributed by atoms with van der Waals surface area (Å²) in [5.74, 6) is -3.33. The quantitative estimate of drug-likeness (QED) is 0.267. The predicted octanol–water partition coefficient (Wildman–Crippen LogP) is -2.44. The molecule has 142 valence electrons. The highest BCUT2D eigenvalue weighted by molar-refractivity contribution is 5.92. The van der Waals surface area contributed by atoms with Crippen molar-refractivity contribution in [3.8, 4) is 0 Å². The Morgan fingerprint density at radius 2 is 1.88 bits per heavy atom. The molecule has 1 aliphatic rings. The van der Waals surface area contributed by atoms with Crippen molar-refractivity contribution >= 4 is 23.7 Å². The molecule has 25 heavy (non-hydrogen) atoms. The largest absolute Gasteiger partial charge is 0.480 e. The Bertz CT molecular complexity index is 504. The Hall–Kier alpha value is -2.20. The molecule has 3 amide bonds. The number of aliphatic hydroxyl groups is 1. The molecule has 3 unspecified atom stereocenters. The summed E-state index contributed by atoms with van der Waals surface area (Å²) in [5, 5.41) is 28.3. The van der Waals surface area contributed by atoms with E-state index in [-0.39, 0.29) is 24.4 Å². The van der Waals surface area contributed by atoms with E-state index in [1.807, 2.05) is 0 Å². The van der Waals surface area contributed by atoms with Crippen LogP contribution >= 0.6 is 0 Å². The van der Waals surface area contributed by atoms with Crippen molar-refractivity contribution in [2.45, 2.75) is 44.8 Å². The zero-order valence-corrected chi connectivity index (χ0v) is 14.4. The van der Waals surface area contributed by atoms with Gasteiger partial charge in [0.05, 0.1) is 19.2 Å². The van der Waals surface area contributed by atoms with E-state index < -0.39 is 36.5 Å². The van der Waals surface area contributed by atoms with Crippen LogP contribution < -0.4 is 21.3 Å². The van der Waals surface area contributed by atoms with Crippen LogP contribution in [0.4, 0.5) is 0 Å². The summed E-state index contributed by atoms with van der Waals surface area (Å²) in [6.07, 6.45) is 1.58. The van der Waals surface area contributed by atoms with Gasteiger partial charge in [0, 0.05) is 0 Å². The molecule has 0 saturated carbocycles. The van der Waals surface area contributed by atoms with Gasteiger partial charge in [0.25, 0.3) is 0 Å². The van der Waals surface area contributed by atoms with E-state index in [0.29, 0.717) is 6.42 Å². The highest BCUT2D eigenvalue weighted by Crippen LogP contribution is 2.04. The first-order chi connectivity index (χ1) is 11.8. The fourth-order valence-electron chi connectivity index (χ4n) is 2.41. The molecule has 1 aliphatic heterocycles. The molecule has 0 bridgehead atoms. The van der Waals surface area contributed by atoms with Crippen LogP contribution in [0, 0.1) is 5.92 Å². The van der Waals surface area contributed by atoms with E-state index in [1.54, 1.807) is 13.8 Å². The normalized spacial score (nSPS) is 19.1. The molecule has 10 nitrogen and oxygen atoms in total. The lowest BCUT2D eigenvalue weighted by molar-refractivity contribution is -0.143. The van der Waals surface area contributed by atoms with Gasteiger partial charge in [-0.2, -0.15) is 0 Å². The van der Waals surface area contributed by atoms with Gasteiger partial charge < -0.3 is 31.5 Å². The predicted molar refractivity (Wildman–Crippen MR) is 87.5 cm³/mol. The molecule has 3 atom stereocenters. The van der Waals surface area contributed by atoms with E-state index in [4.69, 9.17) is 5.11 Å². The summed E-state index contributed by atoms with van der Waals surface area (Å²) >= 11 is 0. The van der Waals surface area contributed by atoms with Gasteiger partial charge in [-0.3, -0.25) is 14.4 Å². The van der Waals surface area contributed by atoms with Crippen LogP contribution in [0.25, 0.3) is 0 Å². The van der Waals surface area contributed by atoms with E-state index in [1.165, 1.54) is 0 Å². The third-order valence-electron chi connectivity index (χ3n) is 3.86. The molecule has 0 aromatic carbocycles. The molecule has 6 N–H and O–H groups in total. The van der Waals surface area contributed by atoms with Crippen LogP contribution in [0.5, 0.6) is 0 Å². The molecule has 0 aromatic rings. The maximum Gasteiger partial charge on any atom is 0.326 e. The Labute approximate surface area is 145 Å². The highest BCUT2D eigenvalue weighted by Gasteiger charge is 2.28. The minimum atomic E-state index is -1.30. The van der Waals surface area contributed by atoms with Gasteiger partial charge in [-0.15, -0.1) is 0 Å². The number of hydrogen-bond donors (Lipinski definition) is 6. The Kier molecular flexibility index (Phi) is 8.29. The number of carbonyl (C=O) groups excluding carboxylic acids is 3. The second-order valence-electron chi connectivity index (χ2n) is 6.24. The van der Waals surface area contributed by atoms with Crippen molar-refractivity contribution < 1.29 is 29.4 Å². The minimum Gasteiger partial charge on any atom is -0.480 e. The number of carbonyl (C=O) groups is 4. The fraction of sp³-hybridized carbons (Fsp3) is 0.733. The summed E-state index contributed by atoms with van der Waals surface area (Å²) in [6, 6.07) is -2.76. The lowest BCUT2D eigenvalue weighted by atomic mass is 10.0. The van der Waals surface area contributed by atoms with Crippen molar-refractivity contribution in [1.82, 2.24) is 21.3 Å². The first-order valence-electron chi connectivity index (χ1n) is 8.20. The number of nitrogens with one attached hydrogen (secondary N) is 4. The van der Waals surface area contributed by atoms with E-state index in [9.17, 15) is 24.3 Å². The van der Waals surface area contributed by atoms with Crippen molar-refractivity contribution in [2.75, 3.05) is 19.7 Å². The van der Waals surface area contributed by atoms with Crippen molar-refractivity contribution in [1.29, 1.82) is 0 Å². The topological polar surface area (TPSA) is 157 Å². The SMILES string of the molecule is CC(C)C(NC(=O)C(CO)NC(=O)CNC(=O)C1CCCN1)C(=O)O. The molecule has 1 heterocycles. The molecule has 0 radical (unpaired) electrons. The van der Waals surface area contributed by atoms with Crippen molar-refractivity contribution in [2.24, 2.45) is 5.92 Å². The van der Waals surface area contributed by atoms with Gasteiger partial charge in [-0.25, -0.2) is 4.79 Å². The molecule has 0 aliphatic carbocycles. The van der Waals surface area contributed by atoms with Crippen LogP contribution in [-0.2, 0) is 19.2 Å². The van der Waals surface area contributed by atoms with Gasteiger partial charge >= 0.3 is 5.97 Å². The van der Waals surface area contributed by atoms with E-state index >= 15 is 0 Å². The van der Waals surface area contributed by atoms with Gasteiger partial charge in [0.1, 0.15) is 12.1 Å². The van der Waals surface area contributed by atoms with Crippen LogP contribution in [-0.4, -0.2) is 71.7 Å². The third kappa shape index (κ3) is 6.67. The van der Waals surface area contributed by atoms with E-state index in [2.05, 4.69) is 21.3 Å². The van der Waals surface area contributed by atoms with E-state index in [0.717, 1.165) is 13.0 Å². The summed E-state index contributed by atoms with van der Waals surface area (Å²) in [5.41, 5.74) is 0. The maximum atomic E-state index is 12.0. The zero-order valence-electron chi connectivity index (χ0n) is 14.4. The van der Waals surface area contributed by atoms with Crippen molar-refractivity contribution in [3.63, 3.8) is 0 Å². The molecule has 1 rings (SSSR count). The standard InChI is InChI=1S/C15H26N4O6/c1-8(2)12(15(24)25)19-14(23)10(7-20)18-11(21)6-17-13(22)9-4-3-5-16-9/h8-10,12,16,20H,3-7H2,1-2H3,(H,17,22)(H,18,21)(H,19,23)(H,24,25). The van der Waals surface area contributed by atoms with Gasteiger partial charge in [0.15, 0.2) is 0 Å². The number of carboxylic acids is 1. The van der Waals surface area contributed by atoms with Crippen LogP contribution in [0.2, 0.25) is 0 Å². The average Bonchev–Trinajstić information content (AvgIpc) is 3.08. The lowest BCUT2D eigenvalue weighted by Gasteiger charge is -2.22. The fourth-order valence-corrected chi connectivity index (χ4v) is 2.41. The molecular formula is C15H26N4O6. The maximum absolute atomic E-state index is 12.0. The smallest absolute Gasteiger partial charge is 0.326 e. The van der Waals surface area contributed by atoms with Crippen LogP contribution in [0.1, 0.15) is 26.7 Å². The Morgan fingerprint density at radius 3 is 2.36 bits per heavy atom. The molecular weight excluding hydrogens is 332 g/mol. The molecule has 0 aromatic heterocycles. The molecule has 0 spiro atoms. The number of aliphatic hydroxyl groups excluding tert-OH is 1. The average molecular weight is 358 g/mol. The molecule has 10 heteroatoms. The first kappa shape index (κ1) is 20.8. The molecule has 1 fully saturated rings. The minimum absolute atomic E-state index is 0.302. The summed E-state index contributed by atoms with van der Waals surface area (Å²) in [6.45, 7) is 2.96. The highest BCUT2D eigenvalue weighted by atomic mass is 16.4. The van der Waals surface area contributed by atoms with Crippen LogP contribution in [0.15, 0.2) is 0 Å². The third-order valence-corrected chi connectivity index (χ3v) is 3.86. The lowest BCUT2D eigenvalue weighted by Crippen LogP contribution is -2.56. The van der Waals surface area contributed by atoms with Gasteiger partial charge in [-0.1, -0.05) is 13.8 Å². The van der Waals surface area contributed by atoms with Crippen molar-refractivity contribution in [3.05, 3.63) is 0 Å². The summed E-state index contributed by atoms with van der Waals surface area (Å²) in [7, 11) is 0. The second kappa shape index (κ2) is 9.94. The summed E-state index contributed by atoms with van der Waals surface area (Å²) < 4.78 is 0. The number of aliphatic carboxylic acids is 1.